The Labute approximate surface area is 67.7 Å². The Bertz CT molecular complexity index is 201. The minimum atomic E-state index is 0.0642. The van der Waals surface area contributed by atoms with Gasteiger partial charge in [0.15, 0.2) is 0 Å². The highest BCUT2D eigenvalue weighted by Gasteiger charge is 2.43. The highest BCUT2D eigenvalue weighted by molar-refractivity contribution is 5.22. The van der Waals surface area contributed by atoms with Gasteiger partial charge in [-0.3, -0.25) is 0 Å². The van der Waals surface area contributed by atoms with E-state index in [0.717, 1.165) is 12.3 Å². The first-order valence-corrected chi connectivity index (χ1v) is 4.27. The molecule has 1 saturated carbocycles. The lowest BCUT2D eigenvalue weighted by molar-refractivity contribution is 0.0148. The number of methoxy groups -OCH3 is 1. The summed E-state index contributed by atoms with van der Waals surface area (Å²) < 4.78 is 5.56. The van der Waals surface area contributed by atoms with Gasteiger partial charge in [0.05, 0.1) is 5.60 Å². The molecule has 0 saturated heterocycles. The van der Waals surface area contributed by atoms with Crippen LogP contribution in [-0.4, -0.2) is 12.7 Å². The van der Waals surface area contributed by atoms with Crippen molar-refractivity contribution in [3.8, 4) is 0 Å². The molecule has 0 spiro atoms. The fraction of sp³-hybridized carbons (Fsp3) is 0.600. The van der Waals surface area contributed by atoms with Gasteiger partial charge in [-0.25, -0.2) is 0 Å². The molecule has 1 heteroatoms. The van der Waals surface area contributed by atoms with E-state index >= 15 is 0 Å². The van der Waals surface area contributed by atoms with Crippen LogP contribution in [0.2, 0.25) is 0 Å². The summed E-state index contributed by atoms with van der Waals surface area (Å²) in [7, 11) is 1.82. The molecule has 0 N–H and O–H groups in total. The van der Waals surface area contributed by atoms with Gasteiger partial charge in [0.25, 0.3) is 0 Å². The zero-order chi connectivity index (χ0) is 7.73. The predicted octanol–water partition coefficient (Wildman–Crippen LogP) is 2.30. The molecular weight excluding hydrogens is 136 g/mol. The van der Waals surface area contributed by atoms with Crippen molar-refractivity contribution >= 4 is 0 Å². The standard InChI is InChI=1S/C10H14O/c1-11-10(9-5-6-9)7-3-2-4-8-10/h2-4,7,9H,5-6,8H2,1H3. The van der Waals surface area contributed by atoms with Crippen LogP contribution in [0.1, 0.15) is 19.3 Å². The third-order valence-corrected chi connectivity index (χ3v) is 2.71. The van der Waals surface area contributed by atoms with Crippen molar-refractivity contribution in [2.24, 2.45) is 5.92 Å². The number of rotatable bonds is 2. The summed E-state index contributed by atoms with van der Waals surface area (Å²) in [6, 6.07) is 0. The average Bonchev–Trinajstić information content (AvgIpc) is 2.88. The van der Waals surface area contributed by atoms with Gasteiger partial charge in [-0.1, -0.05) is 24.3 Å². The third-order valence-electron chi connectivity index (χ3n) is 2.71. The molecule has 0 aliphatic heterocycles. The van der Waals surface area contributed by atoms with Gasteiger partial charge in [0.1, 0.15) is 0 Å². The fourth-order valence-corrected chi connectivity index (χ4v) is 1.81. The van der Waals surface area contributed by atoms with Crippen LogP contribution in [0.5, 0.6) is 0 Å². The molecule has 0 heterocycles. The van der Waals surface area contributed by atoms with E-state index in [1.807, 2.05) is 7.11 Å². The van der Waals surface area contributed by atoms with Gasteiger partial charge < -0.3 is 4.74 Å². The first-order valence-electron chi connectivity index (χ1n) is 4.27. The minimum Gasteiger partial charge on any atom is -0.374 e. The topological polar surface area (TPSA) is 9.23 Å². The molecule has 2 aliphatic rings. The summed E-state index contributed by atoms with van der Waals surface area (Å²) in [6.45, 7) is 0. The molecule has 0 aromatic heterocycles. The molecule has 1 unspecified atom stereocenters. The summed E-state index contributed by atoms with van der Waals surface area (Å²) >= 11 is 0. The second-order valence-electron chi connectivity index (χ2n) is 3.42. The van der Waals surface area contributed by atoms with E-state index in [4.69, 9.17) is 4.74 Å². The molecule has 2 aliphatic carbocycles. The van der Waals surface area contributed by atoms with Gasteiger partial charge in [-0.15, -0.1) is 0 Å². The maximum absolute atomic E-state index is 5.56. The number of hydrogen-bond acceptors (Lipinski definition) is 1. The Morgan fingerprint density at radius 3 is 2.64 bits per heavy atom. The van der Waals surface area contributed by atoms with Gasteiger partial charge in [-0.2, -0.15) is 0 Å². The second kappa shape index (κ2) is 2.49. The van der Waals surface area contributed by atoms with E-state index in [2.05, 4.69) is 24.3 Å². The summed E-state index contributed by atoms with van der Waals surface area (Å²) in [5, 5.41) is 0. The maximum Gasteiger partial charge on any atom is 0.0924 e. The molecule has 1 fully saturated rings. The second-order valence-corrected chi connectivity index (χ2v) is 3.42. The smallest absolute Gasteiger partial charge is 0.0924 e. The van der Waals surface area contributed by atoms with Crippen molar-refractivity contribution < 1.29 is 4.74 Å². The largest absolute Gasteiger partial charge is 0.374 e. The van der Waals surface area contributed by atoms with Crippen molar-refractivity contribution in [3.63, 3.8) is 0 Å². The highest BCUT2D eigenvalue weighted by atomic mass is 16.5. The van der Waals surface area contributed by atoms with E-state index in [0.29, 0.717) is 0 Å². The van der Waals surface area contributed by atoms with E-state index in [-0.39, 0.29) is 5.60 Å². The van der Waals surface area contributed by atoms with Crippen LogP contribution < -0.4 is 0 Å². The lowest BCUT2D eigenvalue weighted by atomic mass is 9.90. The lowest BCUT2D eigenvalue weighted by Crippen LogP contribution is -2.31. The van der Waals surface area contributed by atoms with E-state index < -0.39 is 0 Å². The predicted molar refractivity (Wildman–Crippen MR) is 45.4 cm³/mol. The number of allylic oxidation sites excluding steroid dienone is 2. The van der Waals surface area contributed by atoms with Crippen LogP contribution >= 0.6 is 0 Å². The molecule has 0 amide bonds. The molecule has 0 radical (unpaired) electrons. The highest BCUT2D eigenvalue weighted by Crippen LogP contribution is 2.45. The van der Waals surface area contributed by atoms with Crippen molar-refractivity contribution in [1.82, 2.24) is 0 Å². The molecule has 0 aromatic carbocycles. The molecule has 1 nitrogen and oxygen atoms in total. The summed E-state index contributed by atoms with van der Waals surface area (Å²) in [5.74, 6) is 0.786. The van der Waals surface area contributed by atoms with E-state index in [1.54, 1.807) is 0 Å². The molecule has 60 valence electrons. The van der Waals surface area contributed by atoms with Gasteiger partial charge in [-0.05, 0) is 25.2 Å². The summed E-state index contributed by atoms with van der Waals surface area (Å²) in [4.78, 5) is 0. The van der Waals surface area contributed by atoms with Crippen LogP contribution in [0, 0.1) is 5.92 Å². The van der Waals surface area contributed by atoms with E-state index in [1.165, 1.54) is 12.8 Å². The minimum absolute atomic E-state index is 0.0642. The van der Waals surface area contributed by atoms with Crippen LogP contribution in [0.4, 0.5) is 0 Å². The molecule has 0 bridgehead atoms. The summed E-state index contributed by atoms with van der Waals surface area (Å²) in [6.07, 6.45) is 12.3. The van der Waals surface area contributed by atoms with E-state index in [9.17, 15) is 0 Å². The first kappa shape index (κ1) is 7.11. The number of ether oxygens (including phenoxy) is 1. The lowest BCUT2D eigenvalue weighted by Gasteiger charge is -2.29. The van der Waals surface area contributed by atoms with Gasteiger partial charge in [0.2, 0.25) is 0 Å². The Hall–Kier alpha value is -0.560. The van der Waals surface area contributed by atoms with Crippen LogP contribution in [0.3, 0.4) is 0 Å². The van der Waals surface area contributed by atoms with Crippen molar-refractivity contribution in [2.75, 3.05) is 7.11 Å². The average molecular weight is 150 g/mol. The molecule has 0 aromatic rings. The maximum atomic E-state index is 5.56. The van der Waals surface area contributed by atoms with Crippen LogP contribution in [0.25, 0.3) is 0 Å². The summed E-state index contributed by atoms with van der Waals surface area (Å²) in [5.41, 5.74) is 0.0642. The quantitative estimate of drug-likeness (QED) is 0.587. The Balaban J connectivity index is 2.15. The molecule has 2 rings (SSSR count). The molecular formula is C10H14O. The van der Waals surface area contributed by atoms with Crippen LogP contribution in [-0.2, 0) is 4.74 Å². The first-order chi connectivity index (χ1) is 5.37. The van der Waals surface area contributed by atoms with Crippen LogP contribution in [0.15, 0.2) is 24.3 Å². The normalized spacial score (nSPS) is 36.1. The van der Waals surface area contributed by atoms with Crippen molar-refractivity contribution in [3.05, 3.63) is 24.3 Å². The van der Waals surface area contributed by atoms with Crippen molar-refractivity contribution in [1.29, 1.82) is 0 Å². The fourth-order valence-electron chi connectivity index (χ4n) is 1.81. The SMILES string of the molecule is COC1(C2CC2)C=CC=CC1. The van der Waals surface area contributed by atoms with Gasteiger partial charge >= 0.3 is 0 Å². The Morgan fingerprint density at radius 1 is 1.36 bits per heavy atom. The third kappa shape index (κ3) is 1.14. The zero-order valence-electron chi connectivity index (χ0n) is 6.92. The molecule has 1 atom stereocenters. The zero-order valence-corrected chi connectivity index (χ0v) is 6.92. The monoisotopic (exact) mass is 150 g/mol. The Kier molecular flexibility index (Phi) is 1.61. The number of hydrogen-bond donors (Lipinski definition) is 0. The Morgan fingerprint density at radius 2 is 2.18 bits per heavy atom. The molecule has 11 heavy (non-hydrogen) atoms. The van der Waals surface area contributed by atoms with Crippen molar-refractivity contribution in [2.45, 2.75) is 24.9 Å². The van der Waals surface area contributed by atoms with Gasteiger partial charge in [0, 0.05) is 7.11 Å².